The Morgan fingerprint density at radius 2 is 2.31 bits per heavy atom. The van der Waals surface area contributed by atoms with E-state index >= 15 is 0 Å². The van der Waals surface area contributed by atoms with E-state index in [1.54, 1.807) is 30.3 Å². The molecule has 1 aromatic heterocycles. The van der Waals surface area contributed by atoms with Crippen LogP contribution in [-0.4, -0.2) is 29.4 Å². The average molecular weight is 222 g/mol. The highest BCUT2D eigenvalue weighted by Crippen LogP contribution is 2.09. The first kappa shape index (κ1) is 12.4. The van der Waals surface area contributed by atoms with Crippen LogP contribution in [0.4, 0.5) is 5.82 Å². The highest BCUT2D eigenvalue weighted by molar-refractivity contribution is 5.94. The van der Waals surface area contributed by atoms with Crippen molar-refractivity contribution in [1.82, 2.24) is 9.88 Å². The van der Waals surface area contributed by atoms with Crippen LogP contribution in [0.2, 0.25) is 0 Å². The number of nitrogens with zero attached hydrogens (tertiary/aromatic N) is 2. The lowest BCUT2D eigenvalue weighted by atomic mass is 10.2. The van der Waals surface area contributed by atoms with Gasteiger partial charge in [-0.2, -0.15) is 0 Å². The summed E-state index contributed by atoms with van der Waals surface area (Å²) in [5.41, 5.74) is 3.01. The molecule has 16 heavy (non-hydrogen) atoms. The summed E-state index contributed by atoms with van der Waals surface area (Å²) in [5.74, 6) is 6.15. The third-order valence-corrected chi connectivity index (χ3v) is 2.14. The van der Waals surface area contributed by atoms with Crippen LogP contribution in [0.25, 0.3) is 0 Å². The van der Waals surface area contributed by atoms with E-state index in [0.717, 1.165) is 6.54 Å². The van der Waals surface area contributed by atoms with Crippen molar-refractivity contribution < 1.29 is 4.79 Å². The Kier molecular flexibility index (Phi) is 4.25. The predicted octanol–water partition coefficient (Wildman–Crippen LogP) is 1.10. The quantitative estimate of drug-likeness (QED) is 0.591. The van der Waals surface area contributed by atoms with Gasteiger partial charge in [-0.3, -0.25) is 4.79 Å². The molecule has 0 atom stereocenters. The molecule has 0 fully saturated rings. The topological polar surface area (TPSA) is 71.2 Å². The largest absolute Gasteiger partial charge is 0.341 e. The molecule has 0 unspecified atom stereocenters. The third-order valence-electron chi connectivity index (χ3n) is 2.14. The van der Waals surface area contributed by atoms with Gasteiger partial charge < -0.3 is 10.3 Å². The SMILES string of the molecule is CC(C)CN(C)C(=O)c1ccnc(NN)c1. The summed E-state index contributed by atoms with van der Waals surface area (Å²) < 4.78 is 0. The zero-order valence-electron chi connectivity index (χ0n) is 9.90. The number of carbonyl (C=O) groups is 1. The molecule has 1 amide bonds. The van der Waals surface area contributed by atoms with Gasteiger partial charge in [-0.25, -0.2) is 10.8 Å². The van der Waals surface area contributed by atoms with Crippen LogP contribution in [0, 0.1) is 5.92 Å². The number of rotatable bonds is 4. The van der Waals surface area contributed by atoms with E-state index in [-0.39, 0.29) is 5.91 Å². The van der Waals surface area contributed by atoms with Crippen molar-refractivity contribution in [3.8, 4) is 0 Å². The normalized spacial score (nSPS) is 10.3. The molecule has 3 N–H and O–H groups in total. The highest BCUT2D eigenvalue weighted by Gasteiger charge is 2.13. The molecule has 0 saturated heterocycles. The number of pyridine rings is 1. The maximum atomic E-state index is 12.0. The summed E-state index contributed by atoms with van der Waals surface area (Å²) in [6.45, 7) is 4.87. The number of nitrogens with one attached hydrogen (secondary N) is 1. The number of nitrogens with two attached hydrogens (primary N) is 1. The number of amides is 1. The zero-order valence-corrected chi connectivity index (χ0v) is 9.90. The number of aromatic nitrogens is 1. The van der Waals surface area contributed by atoms with Gasteiger partial charge in [-0.1, -0.05) is 13.8 Å². The minimum atomic E-state index is -0.0207. The molecule has 0 aliphatic heterocycles. The first-order chi connectivity index (χ1) is 7.54. The maximum absolute atomic E-state index is 12.0. The Morgan fingerprint density at radius 1 is 1.62 bits per heavy atom. The first-order valence-electron chi connectivity index (χ1n) is 5.22. The van der Waals surface area contributed by atoms with Crippen LogP contribution in [0.15, 0.2) is 18.3 Å². The lowest BCUT2D eigenvalue weighted by molar-refractivity contribution is 0.0779. The Bertz CT molecular complexity index is 365. The molecule has 5 heteroatoms. The van der Waals surface area contributed by atoms with Crippen LogP contribution in [0.1, 0.15) is 24.2 Å². The highest BCUT2D eigenvalue weighted by atomic mass is 16.2. The fraction of sp³-hybridized carbons (Fsp3) is 0.455. The molecule has 1 heterocycles. The maximum Gasteiger partial charge on any atom is 0.253 e. The van der Waals surface area contributed by atoms with E-state index in [0.29, 0.717) is 17.3 Å². The lowest BCUT2D eigenvalue weighted by Gasteiger charge is -2.19. The predicted molar refractivity (Wildman–Crippen MR) is 63.8 cm³/mol. The zero-order chi connectivity index (χ0) is 12.1. The van der Waals surface area contributed by atoms with E-state index in [2.05, 4.69) is 24.3 Å². The molecular weight excluding hydrogens is 204 g/mol. The van der Waals surface area contributed by atoms with E-state index < -0.39 is 0 Å². The van der Waals surface area contributed by atoms with Gasteiger partial charge in [0.25, 0.3) is 5.91 Å². The van der Waals surface area contributed by atoms with E-state index in [4.69, 9.17) is 5.84 Å². The number of hydrazine groups is 1. The van der Waals surface area contributed by atoms with E-state index in [9.17, 15) is 4.79 Å². The Hall–Kier alpha value is -1.62. The Labute approximate surface area is 95.6 Å². The third kappa shape index (κ3) is 3.20. The molecule has 5 nitrogen and oxygen atoms in total. The number of carbonyl (C=O) groups excluding carboxylic acids is 1. The second kappa shape index (κ2) is 5.46. The molecule has 0 spiro atoms. The molecule has 0 aromatic carbocycles. The van der Waals surface area contributed by atoms with Crippen LogP contribution in [0.3, 0.4) is 0 Å². The smallest absolute Gasteiger partial charge is 0.253 e. The van der Waals surface area contributed by atoms with E-state index in [1.165, 1.54) is 0 Å². The molecule has 0 saturated carbocycles. The number of anilines is 1. The molecule has 1 rings (SSSR count). The molecule has 0 aliphatic rings. The van der Waals surface area contributed by atoms with Crippen molar-refractivity contribution in [2.45, 2.75) is 13.8 Å². The molecule has 0 radical (unpaired) electrons. The summed E-state index contributed by atoms with van der Waals surface area (Å²) in [6, 6.07) is 3.32. The van der Waals surface area contributed by atoms with Crippen LogP contribution in [0.5, 0.6) is 0 Å². The van der Waals surface area contributed by atoms with Gasteiger partial charge in [0.1, 0.15) is 5.82 Å². The summed E-state index contributed by atoms with van der Waals surface area (Å²) in [7, 11) is 1.79. The van der Waals surface area contributed by atoms with Crippen molar-refractivity contribution in [1.29, 1.82) is 0 Å². The van der Waals surface area contributed by atoms with Gasteiger partial charge >= 0.3 is 0 Å². The monoisotopic (exact) mass is 222 g/mol. The molecule has 88 valence electrons. The molecule has 0 bridgehead atoms. The van der Waals surface area contributed by atoms with Crippen molar-refractivity contribution in [2.24, 2.45) is 11.8 Å². The number of hydrogen-bond donors (Lipinski definition) is 2. The van der Waals surface area contributed by atoms with Crippen LogP contribution >= 0.6 is 0 Å². The summed E-state index contributed by atoms with van der Waals surface area (Å²) >= 11 is 0. The average Bonchev–Trinajstić information content (AvgIpc) is 2.27. The van der Waals surface area contributed by atoms with Gasteiger partial charge in [0, 0.05) is 25.4 Å². The van der Waals surface area contributed by atoms with Gasteiger partial charge in [-0.15, -0.1) is 0 Å². The second-order valence-corrected chi connectivity index (χ2v) is 4.15. The summed E-state index contributed by atoms with van der Waals surface area (Å²) in [4.78, 5) is 17.6. The van der Waals surface area contributed by atoms with E-state index in [1.807, 2.05) is 0 Å². The molecular formula is C11H18N4O. The van der Waals surface area contributed by atoms with Gasteiger partial charge in [0.2, 0.25) is 0 Å². The number of nitrogen functional groups attached to an aromatic ring is 1. The van der Waals surface area contributed by atoms with Crippen LogP contribution in [-0.2, 0) is 0 Å². The Morgan fingerprint density at radius 3 is 2.88 bits per heavy atom. The number of hydrogen-bond acceptors (Lipinski definition) is 4. The summed E-state index contributed by atoms with van der Waals surface area (Å²) in [6.07, 6.45) is 1.56. The van der Waals surface area contributed by atoms with Crippen molar-refractivity contribution in [2.75, 3.05) is 19.0 Å². The fourth-order valence-corrected chi connectivity index (χ4v) is 1.49. The summed E-state index contributed by atoms with van der Waals surface area (Å²) in [5, 5.41) is 0. The first-order valence-corrected chi connectivity index (χ1v) is 5.22. The van der Waals surface area contributed by atoms with Gasteiger partial charge in [0.05, 0.1) is 0 Å². The van der Waals surface area contributed by atoms with Gasteiger partial charge in [-0.05, 0) is 18.1 Å². The fourth-order valence-electron chi connectivity index (χ4n) is 1.49. The molecule has 1 aromatic rings. The minimum absolute atomic E-state index is 0.0207. The van der Waals surface area contributed by atoms with Crippen molar-refractivity contribution in [3.05, 3.63) is 23.9 Å². The van der Waals surface area contributed by atoms with Crippen molar-refractivity contribution >= 4 is 11.7 Å². The standard InChI is InChI=1S/C11H18N4O/c1-8(2)7-15(3)11(16)9-4-5-13-10(6-9)14-12/h4-6,8H,7,12H2,1-3H3,(H,13,14). The lowest BCUT2D eigenvalue weighted by Crippen LogP contribution is -2.30. The Balaban J connectivity index is 2.79. The second-order valence-electron chi connectivity index (χ2n) is 4.15. The van der Waals surface area contributed by atoms with Crippen molar-refractivity contribution in [3.63, 3.8) is 0 Å². The van der Waals surface area contributed by atoms with Crippen LogP contribution < -0.4 is 11.3 Å². The van der Waals surface area contributed by atoms with Gasteiger partial charge in [0.15, 0.2) is 0 Å². The minimum Gasteiger partial charge on any atom is -0.341 e. The molecule has 0 aliphatic carbocycles.